The van der Waals surface area contributed by atoms with Crippen molar-refractivity contribution >= 4 is 38.8 Å². The molecule has 2 heterocycles. The second kappa shape index (κ2) is 6.95. The van der Waals surface area contributed by atoms with E-state index in [1.54, 1.807) is 47.3 Å². The number of thiazole rings is 1. The van der Waals surface area contributed by atoms with Crippen LogP contribution in [0.2, 0.25) is 0 Å². The van der Waals surface area contributed by atoms with E-state index in [4.69, 9.17) is 0 Å². The molecule has 0 aliphatic heterocycles. The van der Waals surface area contributed by atoms with E-state index in [2.05, 4.69) is 25.2 Å². The van der Waals surface area contributed by atoms with Crippen molar-refractivity contribution < 1.29 is 13.2 Å². The number of hydrogen-bond acceptors (Lipinski definition) is 7. The summed E-state index contributed by atoms with van der Waals surface area (Å²) in [5.74, 6) is -0.0604. The van der Waals surface area contributed by atoms with Crippen LogP contribution in [0.3, 0.4) is 0 Å². The zero-order valence-electron chi connectivity index (χ0n) is 13.0. The standard InChI is InChI=1S/C15H13N5O3S2/c1-25(22,23)20-11-4-2-3-10(7-11)12-5-6-14(19-18-12)17-15(21)13-8-24-9-16-13/h2-9,20H,1H3,(H,17,19,21). The van der Waals surface area contributed by atoms with Crippen LogP contribution in [0.15, 0.2) is 47.3 Å². The fourth-order valence-electron chi connectivity index (χ4n) is 2.01. The molecule has 2 aromatic heterocycles. The van der Waals surface area contributed by atoms with Crippen LogP contribution in [0, 0.1) is 0 Å². The van der Waals surface area contributed by atoms with Gasteiger partial charge in [0.15, 0.2) is 5.82 Å². The number of nitrogens with one attached hydrogen (secondary N) is 2. The van der Waals surface area contributed by atoms with E-state index >= 15 is 0 Å². The monoisotopic (exact) mass is 375 g/mol. The minimum atomic E-state index is -3.36. The fourth-order valence-corrected chi connectivity index (χ4v) is 3.10. The second-order valence-electron chi connectivity index (χ2n) is 5.09. The van der Waals surface area contributed by atoms with Crippen LogP contribution in [0.25, 0.3) is 11.3 Å². The maximum atomic E-state index is 11.9. The number of sulfonamides is 1. The quantitative estimate of drug-likeness (QED) is 0.707. The molecule has 0 saturated heterocycles. The molecule has 0 radical (unpaired) electrons. The Hall–Kier alpha value is -2.85. The predicted octanol–water partition coefficient (Wildman–Crippen LogP) is 2.22. The summed E-state index contributed by atoms with van der Waals surface area (Å²) in [5, 5.41) is 12.3. The van der Waals surface area contributed by atoms with Crippen molar-refractivity contribution in [1.29, 1.82) is 0 Å². The van der Waals surface area contributed by atoms with E-state index in [1.165, 1.54) is 11.3 Å². The van der Waals surface area contributed by atoms with Crippen LogP contribution < -0.4 is 10.0 Å². The van der Waals surface area contributed by atoms with E-state index < -0.39 is 10.0 Å². The molecule has 0 aliphatic rings. The maximum Gasteiger partial charge on any atom is 0.276 e. The Morgan fingerprint density at radius 1 is 1.16 bits per heavy atom. The van der Waals surface area contributed by atoms with Gasteiger partial charge in [-0.1, -0.05) is 12.1 Å². The highest BCUT2D eigenvalue weighted by molar-refractivity contribution is 7.92. The van der Waals surface area contributed by atoms with E-state index in [-0.39, 0.29) is 5.91 Å². The largest absolute Gasteiger partial charge is 0.304 e. The molecule has 0 aliphatic carbocycles. The van der Waals surface area contributed by atoms with Gasteiger partial charge >= 0.3 is 0 Å². The number of hydrogen-bond donors (Lipinski definition) is 2. The van der Waals surface area contributed by atoms with Gasteiger partial charge in [-0.2, -0.15) is 0 Å². The number of carbonyl (C=O) groups excluding carboxylic acids is 1. The molecule has 128 valence electrons. The van der Waals surface area contributed by atoms with Crippen molar-refractivity contribution in [3.05, 3.63) is 53.0 Å². The smallest absolute Gasteiger partial charge is 0.276 e. The normalized spacial score (nSPS) is 11.1. The molecule has 1 aromatic carbocycles. The summed E-state index contributed by atoms with van der Waals surface area (Å²) in [4.78, 5) is 15.8. The summed E-state index contributed by atoms with van der Waals surface area (Å²) in [6.45, 7) is 0. The first-order valence-corrected chi connectivity index (χ1v) is 9.86. The number of nitrogens with zero attached hydrogens (tertiary/aromatic N) is 3. The van der Waals surface area contributed by atoms with Gasteiger partial charge in [0.05, 0.1) is 17.5 Å². The Balaban J connectivity index is 1.76. The lowest BCUT2D eigenvalue weighted by Gasteiger charge is -2.07. The highest BCUT2D eigenvalue weighted by atomic mass is 32.2. The molecule has 0 unspecified atom stereocenters. The minimum Gasteiger partial charge on any atom is -0.304 e. The van der Waals surface area contributed by atoms with Gasteiger partial charge in [0, 0.05) is 16.6 Å². The fraction of sp³-hybridized carbons (Fsp3) is 0.0667. The SMILES string of the molecule is CS(=O)(=O)Nc1cccc(-c2ccc(NC(=O)c3cscn3)nn2)c1. The van der Waals surface area contributed by atoms with Crippen LogP contribution >= 0.6 is 11.3 Å². The Morgan fingerprint density at radius 3 is 2.64 bits per heavy atom. The lowest BCUT2D eigenvalue weighted by molar-refractivity contribution is 0.102. The third-order valence-electron chi connectivity index (χ3n) is 3.03. The zero-order valence-corrected chi connectivity index (χ0v) is 14.6. The summed E-state index contributed by atoms with van der Waals surface area (Å²) >= 11 is 1.33. The molecule has 0 atom stereocenters. The summed E-state index contributed by atoms with van der Waals surface area (Å²) in [5.41, 5.74) is 3.56. The van der Waals surface area contributed by atoms with Crippen LogP contribution in [0.5, 0.6) is 0 Å². The number of benzene rings is 1. The Labute approximate surface area is 148 Å². The van der Waals surface area contributed by atoms with Crippen molar-refractivity contribution in [1.82, 2.24) is 15.2 Å². The Kier molecular flexibility index (Phi) is 4.72. The van der Waals surface area contributed by atoms with Crippen molar-refractivity contribution in [2.45, 2.75) is 0 Å². The van der Waals surface area contributed by atoms with Crippen molar-refractivity contribution in [2.24, 2.45) is 0 Å². The molecule has 3 rings (SSSR count). The molecule has 0 spiro atoms. The Morgan fingerprint density at radius 2 is 2.00 bits per heavy atom. The highest BCUT2D eigenvalue weighted by Crippen LogP contribution is 2.21. The third kappa shape index (κ3) is 4.58. The summed E-state index contributed by atoms with van der Waals surface area (Å²) < 4.78 is 25.0. The van der Waals surface area contributed by atoms with Crippen LogP contribution in [0.1, 0.15) is 10.5 Å². The van der Waals surface area contributed by atoms with E-state index in [0.717, 1.165) is 6.26 Å². The van der Waals surface area contributed by atoms with E-state index in [1.807, 2.05) is 0 Å². The number of carbonyl (C=O) groups is 1. The number of aromatic nitrogens is 3. The minimum absolute atomic E-state index is 0.298. The average Bonchev–Trinajstić information content (AvgIpc) is 3.09. The van der Waals surface area contributed by atoms with Crippen LogP contribution in [-0.2, 0) is 10.0 Å². The summed E-state index contributed by atoms with van der Waals surface area (Å²) in [6, 6.07) is 10.1. The topological polar surface area (TPSA) is 114 Å². The highest BCUT2D eigenvalue weighted by Gasteiger charge is 2.10. The molecule has 8 nitrogen and oxygen atoms in total. The number of rotatable bonds is 5. The van der Waals surface area contributed by atoms with Crippen molar-refractivity contribution in [3.63, 3.8) is 0 Å². The van der Waals surface area contributed by atoms with Gasteiger partial charge in [0.1, 0.15) is 5.69 Å². The van der Waals surface area contributed by atoms with Gasteiger partial charge in [0.2, 0.25) is 10.0 Å². The lowest BCUT2D eigenvalue weighted by Crippen LogP contribution is -2.13. The lowest BCUT2D eigenvalue weighted by atomic mass is 10.1. The van der Waals surface area contributed by atoms with Gasteiger partial charge in [-0.3, -0.25) is 9.52 Å². The van der Waals surface area contributed by atoms with Crippen LogP contribution in [0.4, 0.5) is 11.5 Å². The van der Waals surface area contributed by atoms with Gasteiger partial charge in [-0.05, 0) is 24.3 Å². The summed E-state index contributed by atoms with van der Waals surface area (Å²) in [6.07, 6.45) is 1.08. The van der Waals surface area contributed by atoms with Crippen molar-refractivity contribution in [3.8, 4) is 11.3 Å². The van der Waals surface area contributed by atoms with Gasteiger partial charge in [-0.25, -0.2) is 13.4 Å². The molecule has 3 aromatic rings. The molecule has 1 amide bonds. The zero-order chi connectivity index (χ0) is 17.9. The van der Waals surface area contributed by atoms with Gasteiger partial charge in [0.25, 0.3) is 5.91 Å². The molecular formula is C15H13N5O3S2. The molecule has 25 heavy (non-hydrogen) atoms. The first kappa shape index (κ1) is 17.0. The first-order valence-electron chi connectivity index (χ1n) is 7.02. The van der Waals surface area contributed by atoms with Gasteiger partial charge < -0.3 is 5.32 Å². The molecular weight excluding hydrogens is 362 g/mol. The molecule has 0 bridgehead atoms. The molecule has 2 N–H and O–H groups in total. The number of anilines is 2. The predicted molar refractivity (Wildman–Crippen MR) is 96.0 cm³/mol. The average molecular weight is 375 g/mol. The maximum absolute atomic E-state index is 11.9. The number of amides is 1. The second-order valence-corrected chi connectivity index (χ2v) is 7.55. The molecule has 10 heteroatoms. The Bertz CT molecular complexity index is 986. The van der Waals surface area contributed by atoms with Crippen molar-refractivity contribution in [2.75, 3.05) is 16.3 Å². The summed E-state index contributed by atoms with van der Waals surface area (Å²) in [7, 11) is -3.36. The molecule has 0 fully saturated rings. The van der Waals surface area contributed by atoms with E-state index in [9.17, 15) is 13.2 Å². The van der Waals surface area contributed by atoms with Gasteiger partial charge in [-0.15, -0.1) is 21.5 Å². The van der Waals surface area contributed by atoms with E-state index in [0.29, 0.717) is 28.5 Å². The molecule has 0 saturated carbocycles. The first-order chi connectivity index (χ1) is 11.9. The van der Waals surface area contributed by atoms with Crippen LogP contribution in [-0.4, -0.2) is 35.8 Å². The third-order valence-corrected chi connectivity index (χ3v) is 4.23.